The van der Waals surface area contributed by atoms with Gasteiger partial charge in [0.2, 0.25) is 0 Å². The molecule has 6 nitrogen and oxygen atoms in total. The topological polar surface area (TPSA) is 91.6 Å². The zero-order chi connectivity index (χ0) is 19.6. The van der Waals surface area contributed by atoms with Crippen LogP contribution in [0.2, 0.25) is 5.02 Å². The van der Waals surface area contributed by atoms with E-state index in [2.05, 4.69) is 5.32 Å². The van der Waals surface area contributed by atoms with Gasteiger partial charge in [0, 0.05) is 16.0 Å². The van der Waals surface area contributed by atoms with E-state index in [0.717, 1.165) is 10.9 Å². The van der Waals surface area contributed by atoms with Crippen molar-refractivity contribution in [3.8, 4) is 0 Å². The number of furan rings is 1. The van der Waals surface area contributed by atoms with Crippen molar-refractivity contribution in [2.75, 3.05) is 0 Å². The van der Waals surface area contributed by atoms with Crippen molar-refractivity contribution in [2.45, 2.75) is 19.9 Å². The van der Waals surface area contributed by atoms with Gasteiger partial charge in [0.15, 0.2) is 5.76 Å². The van der Waals surface area contributed by atoms with Crippen molar-refractivity contribution in [1.82, 2.24) is 10.8 Å². The Labute approximate surface area is 161 Å². The van der Waals surface area contributed by atoms with E-state index in [0.29, 0.717) is 16.2 Å². The summed E-state index contributed by atoms with van der Waals surface area (Å²) in [5.41, 5.74) is 3.34. The molecule has 0 spiro atoms. The molecular formula is C20H19ClN2O4. The molecule has 0 aliphatic rings. The molecular weight excluding hydrogens is 368 g/mol. The van der Waals surface area contributed by atoms with Gasteiger partial charge in [-0.25, -0.2) is 5.48 Å². The van der Waals surface area contributed by atoms with E-state index in [9.17, 15) is 9.59 Å². The zero-order valence-corrected chi connectivity index (χ0v) is 15.6. The molecule has 0 aliphatic carbocycles. The first-order valence-corrected chi connectivity index (χ1v) is 8.81. The largest absolute Gasteiger partial charge is 0.451 e. The lowest BCUT2D eigenvalue weighted by atomic mass is 9.95. The lowest BCUT2D eigenvalue weighted by Crippen LogP contribution is -2.31. The number of amides is 2. The average molecular weight is 387 g/mol. The van der Waals surface area contributed by atoms with Gasteiger partial charge in [0.25, 0.3) is 11.8 Å². The van der Waals surface area contributed by atoms with Crippen LogP contribution in [-0.2, 0) is 0 Å². The summed E-state index contributed by atoms with van der Waals surface area (Å²) >= 11 is 5.97. The lowest BCUT2D eigenvalue weighted by molar-refractivity contribution is 0.0706. The number of halogens is 1. The van der Waals surface area contributed by atoms with E-state index in [-0.39, 0.29) is 23.6 Å². The van der Waals surface area contributed by atoms with Crippen molar-refractivity contribution in [2.24, 2.45) is 5.92 Å². The molecule has 3 aromatic rings. The molecule has 3 rings (SSSR count). The van der Waals surface area contributed by atoms with Gasteiger partial charge >= 0.3 is 0 Å². The highest BCUT2D eigenvalue weighted by Crippen LogP contribution is 2.26. The molecule has 0 saturated carbocycles. The van der Waals surface area contributed by atoms with Gasteiger partial charge in [0.1, 0.15) is 5.58 Å². The number of carbonyl (C=O) groups is 2. The molecule has 0 radical (unpaired) electrons. The molecule has 2 amide bonds. The number of fused-ring (bicyclic) bond motifs is 1. The quantitative estimate of drug-likeness (QED) is 0.449. The Morgan fingerprint density at radius 3 is 2.37 bits per heavy atom. The first-order chi connectivity index (χ1) is 12.9. The molecule has 1 heterocycles. The molecule has 3 N–H and O–H groups in total. The van der Waals surface area contributed by atoms with Crippen LogP contribution in [0.15, 0.2) is 52.9 Å². The molecule has 27 heavy (non-hydrogen) atoms. The van der Waals surface area contributed by atoms with E-state index in [1.165, 1.54) is 0 Å². The Morgan fingerprint density at radius 1 is 1.04 bits per heavy atom. The molecule has 1 aromatic heterocycles. The van der Waals surface area contributed by atoms with Crippen molar-refractivity contribution in [3.05, 3.63) is 70.4 Å². The van der Waals surface area contributed by atoms with Gasteiger partial charge < -0.3 is 9.73 Å². The second-order valence-electron chi connectivity index (χ2n) is 6.55. The Hall–Kier alpha value is -2.83. The second kappa shape index (κ2) is 7.82. The van der Waals surface area contributed by atoms with Crippen LogP contribution in [-0.4, -0.2) is 17.0 Å². The SMILES string of the molecule is CC(C)C(NC(=O)c1cc2cc(Cl)ccc2o1)c1ccc(C(=O)NO)cc1. The molecule has 1 unspecified atom stereocenters. The average Bonchev–Trinajstić information content (AvgIpc) is 3.08. The van der Waals surface area contributed by atoms with Crippen LogP contribution < -0.4 is 10.8 Å². The fourth-order valence-corrected chi connectivity index (χ4v) is 3.06. The van der Waals surface area contributed by atoms with Gasteiger partial charge in [-0.05, 0) is 47.9 Å². The Morgan fingerprint density at radius 2 is 1.74 bits per heavy atom. The van der Waals surface area contributed by atoms with Crippen LogP contribution in [0.5, 0.6) is 0 Å². The van der Waals surface area contributed by atoms with E-state index in [1.807, 2.05) is 13.8 Å². The van der Waals surface area contributed by atoms with Crippen molar-refractivity contribution < 1.29 is 19.2 Å². The molecule has 140 valence electrons. The number of carbonyl (C=O) groups excluding carboxylic acids is 2. The van der Waals surface area contributed by atoms with Crippen molar-refractivity contribution >= 4 is 34.4 Å². The van der Waals surface area contributed by atoms with Gasteiger partial charge in [0.05, 0.1) is 6.04 Å². The zero-order valence-electron chi connectivity index (χ0n) is 14.8. The normalized spacial score (nSPS) is 12.2. The van der Waals surface area contributed by atoms with Crippen LogP contribution in [0.4, 0.5) is 0 Å². The fraction of sp³-hybridized carbons (Fsp3) is 0.200. The first-order valence-electron chi connectivity index (χ1n) is 8.43. The van der Waals surface area contributed by atoms with Crippen LogP contribution >= 0.6 is 11.6 Å². The third-order valence-corrected chi connectivity index (χ3v) is 4.52. The summed E-state index contributed by atoms with van der Waals surface area (Å²) in [5.74, 6) is -0.620. The molecule has 0 bridgehead atoms. The maximum absolute atomic E-state index is 12.7. The third kappa shape index (κ3) is 4.13. The number of hydrogen-bond acceptors (Lipinski definition) is 4. The lowest BCUT2D eigenvalue weighted by Gasteiger charge is -2.22. The second-order valence-corrected chi connectivity index (χ2v) is 6.99. The first kappa shape index (κ1) is 18.9. The molecule has 0 aliphatic heterocycles. The van der Waals surface area contributed by atoms with E-state index in [4.69, 9.17) is 21.2 Å². The predicted molar refractivity (Wildman–Crippen MR) is 102 cm³/mol. The Balaban J connectivity index is 1.82. The van der Waals surface area contributed by atoms with E-state index < -0.39 is 5.91 Å². The number of nitrogens with one attached hydrogen (secondary N) is 2. The van der Waals surface area contributed by atoms with Crippen molar-refractivity contribution in [1.29, 1.82) is 0 Å². The molecule has 7 heteroatoms. The molecule has 0 saturated heterocycles. The highest BCUT2D eigenvalue weighted by molar-refractivity contribution is 6.31. The number of benzene rings is 2. The highest BCUT2D eigenvalue weighted by atomic mass is 35.5. The van der Waals surface area contributed by atoms with Gasteiger partial charge in [-0.3, -0.25) is 14.8 Å². The van der Waals surface area contributed by atoms with Crippen LogP contribution in [0.3, 0.4) is 0 Å². The minimum Gasteiger partial charge on any atom is -0.451 e. The van der Waals surface area contributed by atoms with Crippen LogP contribution in [0.25, 0.3) is 11.0 Å². The molecule has 1 atom stereocenters. The maximum Gasteiger partial charge on any atom is 0.287 e. The predicted octanol–water partition coefficient (Wildman–Crippen LogP) is 4.33. The summed E-state index contributed by atoms with van der Waals surface area (Å²) in [4.78, 5) is 24.1. The minimum absolute atomic E-state index is 0.102. The highest BCUT2D eigenvalue weighted by Gasteiger charge is 2.21. The smallest absolute Gasteiger partial charge is 0.287 e. The summed E-state index contributed by atoms with van der Waals surface area (Å²) in [6.07, 6.45) is 0. The van der Waals surface area contributed by atoms with Crippen LogP contribution in [0, 0.1) is 5.92 Å². The summed E-state index contributed by atoms with van der Waals surface area (Å²) in [6.45, 7) is 3.97. The van der Waals surface area contributed by atoms with E-state index in [1.54, 1.807) is 54.0 Å². The number of hydroxylamine groups is 1. The Kier molecular flexibility index (Phi) is 5.48. The minimum atomic E-state index is -0.590. The van der Waals surface area contributed by atoms with E-state index >= 15 is 0 Å². The molecule has 2 aromatic carbocycles. The summed E-state index contributed by atoms with van der Waals surface area (Å²) in [6, 6.07) is 13.2. The monoisotopic (exact) mass is 386 g/mol. The summed E-state index contributed by atoms with van der Waals surface area (Å²) in [5, 5.41) is 13.0. The van der Waals surface area contributed by atoms with Crippen molar-refractivity contribution in [3.63, 3.8) is 0 Å². The van der Waals surface area contributed by atoms with Gasteiger partial charge in [-0.1, -0.05) is 37.6 Å². The van der Waals surface area contributed by atoms with Crippen LogP contribution in [0.1, 0.15) is 46.4 Å². The summed E-state index contributed by atoms with van der Waals surface area (Å²) < 4.78 is 5.62. The van der Waals surface area contributed by atoms with Gasteiger partial charge in [-0.15, -0.1) is 0 Å². The fourth-order valence-electron chi connectivity index (χ4n) is 2.88. The summed E-state index contributed by atoms with van der Waals surface area (Å²) in [7, 11) is 0. The van der Waals surface area contributed by atoms with Gasteiger partial charge in [-0.2, -0.15) is 0 Å². The standard InChI is InChI=1S/C20H19ClN2O4/c1-11(2)18(12-3-5-13(6-4-12)19(24)23-26)22-20(25)17-10-14-9-15(21)7-8-16(14)27-17/h3-11,18,26H,1-2H3,(H,22,25)(H,23,24). The maximum atomic E-state index is 12.7. The number of hydrogen-bond donors (Lipinski definition) is 3. The molecule has 0 fully saturated rings. The third-order valence-electron chi connectivity index (χ3n) is 4.29. The Bertz CT molecular complexity index is 979. The number of rotatable bonds is 5.